The van der Waals surface area contributed by atoms with Gasteiger partial charge in [0.05, 0.1) is 13.2 Å². The van der Waals surface area contributed by atoms with Crippen LogP contribution in [-0.2, 0) is 14.9 Å². The smallest absolute Gasteiger partial charge is 0.282 e. The fourth-order valence-corrected chi connectivity index (χ4v) is 5.28. The number of fused-ring (bicyclic) bond motifs is 1. The van der Waals surface area contributed by atoms with Gasteiger partial charge in [0.2, 0.25) is 0 Å². The molecule has 2 heterocycles. The van der Waals surface area contributed by atoms with Gasteiger partial charge in [0.1, 0.15) is 13.1 Å². The molecule has 0 saturated carbocycles. The third kappa shape index (κ3) is 3.72. The molecule has 154 valence electrons. The Morgan fingerprint density at radius 2 is 1.69 bits per heavy atom. The predicted molar refractivity (Wildman–Crippen MR) is 117 cm³/mol. The van der Waals surface area contributed by atoms with Crippen molar-refractivity contribution >= 4 is 11.6 Å². The Bertz CT molecular complexity index is 884. The second kappa shape index (κ2) is 7.58. The fraction of sp³-hybridized carbons (Fsp3) is 0.480. The number of ether oxygens (including phenoxy) is 1. The third-order valence-corrected chi connectivity index (χ3v) is 6.67. The van der Waals surface area contributed by atoms with Crippen LogP contribution in [0, 0.1) is 6.92 Å². The van der Waals surface area contributed by atoms with Gasteiger partial charge in [-0.1, -0.05) is 55.0 Å². The zero-order chi connectivity index (χ0) is 20.6. The van der Waals surface area contributed by atoms with E-state index in [0.717, 1.165) is 38.4 Å². The zero-order valence-electron chi connectivity index (χ0n) is 18.1. The van der Waals surface area contributed by atoms with E-state index in [-0.39, 0.29) is 16.9 Å². The number of hydrogen-bond donors (Lipinski definition) is 1. The van der Waals surface area contributed by atoms with Gasteiger partial charge in [-0.05, 0) is 44.4 Å². The first-order valence-corrected chi connectivity index (χ1v) is 10.7. The summed E-state index contributed by atoms with van der Waals surface area (Å²) in [4.78, 5) is 16.9. The molecule has 0 radical (unpaired) electrons. The Morgan fingerprint density at radius 3 is 2.38 bits per heavy atom. The zero-order valence-corrected chi connectivity index (χ0v) is 18.1. The maximum atomic E-state index is 13.5. The number of para-hydroxylation sites is 1. The minimum absolute atomic E-state index is 0.129. The maximum absolute atomic E-state index is 13.5. The summed E-state index contributed by atoms with van der Waals surface area (Å²) in [5.74, 6) is 0.213. The van der Waals surface area contributed by atoms with Crippen molar-refractivity contribution in [2.45, 2.75) is 45.1 Å². The van der Waals surface area contributed by atoms with Gasteiger partial charge in [-0.15, -0.1) is 0 Å². The van der Waals surface area contributed by atoms with Crippen molar-refractivity contribution in [1.82, 2.24) is 0 Å². The summed E-state index contributed by atoms with van der Waals surface area (Å²) in [5.41, 5.74) is 4.49. The van der Waals surface area contributed by atoms with E-state index in [0.29, 0.717) is 6.54 Å². The predicted octanol–water partition coefficient (Wildman–Crippen LogP) is 2.73. The summed E-state index contributed by atoms with van der Waals surface area (Å²) in [6.45, 7) is 12.7. The summed E-state index contributed by atoms with van der Waals surface area (Å²) in [6.07, 6.45) is 0.893. The van der Waals surface area contributed by atoms with Gasteiger partial charge in [0.15, 0.2) is 6.54 Å². The molecule has 2 aromatic carbocycles. The van der Waals surface area contributed by atoms with E-state index in [4.69, 9.17) is 4.74 Å². The van der Waals surface area contributed by atoms with Crippen LogP contribution in [0.2, 0.25) is 0 Å². The number of nitrogens with zero attached hydrogens (tertiary/aromatic N) is 1. The molecule has 1 N–H and O–H groups in total. The van der Waals surface area contributed by atoms with E-state index in [1.165, 1.54) is 21.6 Å². The lowest BCUT2D eigenvalue weighted by Crippen LogP contribution is -3.15. The van der Waals surface area contributed by atoms with Gasteiger partial charge < -0.3 is 14.5 Å². The molecule has 0 aliphatic carbocycles. The quantitative estimate of drug-likeness (QED) is 0.870. The number of morpholine rings is 1. The molecule has 4 rings (SSSR count). The molecule has 4 heteroatoms. The van der Waals surface area contributed by atoms with Crippen molar-refractivity contribution in [2.75, 3.05) is 37.7 Å². The van der Waals surface area contributed by atoms with Crippen LogP contribution in [0.15, 0.2) is 48.5 Å². The number of anilines is 1. The lowest BCUT2D eigenvalue weighted by atomic mass is 9.65. The molecule has 29 heavy (non-hydrogen) atoms. The van der Waals surface area contributed by atoms with Gasteiger partial charge in [-0.3, -0.25) is 4.79 Å². The highest BCUT2D eigenvalue weighted by molar-refractivity contribution is 5.97. The first-order chi connectivity index (χ1) is 13.8. The SMILES string of the molecule is Cc1ccc([C@]2(C)CC(C)(C)N(C(=O)C[NH+]3CCOCC3)c3ccccc32)cc1. The molecule has 0 spiro atoms. The largest absolute Gasteiger partial charge is 0.370 e. The van der Waals surface area contributed by atoms with Gasteiger partial charge in [0, 0.05) is 16.6 Å². The van der Waals surface area contributed by atoms with E-state index in [1.54, 1.807) is 0 Å². The second-order valence-corrected chi connectivity index (χ2v) is 9.47. The normalized spacial score (nSPS) is 24.2. The van der Waals surface area contributed by atoms with Crippen LogP contribution in [-0.4, -0.2) is 44.3 Å². The standard InChI is InChI=1S/C25H32N2O2/c1-19-9-11-20(12-10-19)25(4)18-24(2,3)27(22-8-6-5-7-21(22)25)23(28)17-26-13-15-29-16-14-26/h5-12H,13-18H2,1-4H3/p+1/t25-/m0/s1. The van der Waals surface area contributed by atoms with Crippen LogP contribution in [0.5, 0.6) is 0 Å². The van der Waals surface area contributed by atoms with E-state index >= 15 is 0 Å². The summed E-state index contributed by atoms with van der Waals surface area (Å²) in [5, 5.41) is 0. The third-order valence-electron chi connectivity index (χ3n) is 6.67. The topological polar surface area (TPSA) is 34.0 Å². The van der Waals surface area contributed by atoms with Crippen LogP contribution < -0.4 is 9.80 Å². The molecular formula is C25H33N2O2+. The average molecular weight is 394 g/mol. The van der Waals surface area contributed by atoms with Crippen molar-refractivity contribution in [1.29, 1.82) is 0 Å². The van der Waals surface area contributed by atoms with Gasteiger partial charge in [-0.25, -0.2) is 0 Å². The molecule has 0 aromatic heterocycles. The fourth-order valence-electron chi connectivity index (χ4n) is 5.28. The highest BCUT2D eigenvalue weighted by Crippen LogP contribution is 2.50. The van der Waals surface area contributed by atoms with E-state index < -0.39 is 0 Å². The van der Waals surface area contributed by atoms with Crippen LogP contribution in [0.4, 0.5) is 5.69 Å². The summed E-state index contributed by atoms with van der Waals surface area (Å²) >= 11 is 0. The number of nitrogens with one attached hydrogen (secondary N) is 1. The molecule has 2 aromatic rings. The number of quaternary nitrogens is 1. The number of amides is 1. The van der Waals surface area contributed by atoms with Crippen LogP contribution >= 0.6 is 0 Å². The summed E-state index contributed by atoms with van der Waals surface area (Å²) < 4.78 is 5.46. The van der Waals surface area contributed by atoms with Crippen LogP contribution in [0.25, 0.3) is 0 Å². The number of carbonyl (C=O) groups excluding carboxylic acids is 1. The minimum atomic E-state index is -0.267. The molecule has 1 atom stereocenters. The molecular weight excluding hydrogens is 360 g/mol. The Morgan fingerprint density at radius 1 is 1.03 bits per heavy atom. The van der Waals surface area contributed by atoms with Gasteiger partial charge >= 0.3 is 0 Å². The molecule has 4 nitrogen and oxygen atoms in total. The summed E-state index contributed by atoms with van der Waals surface area (Å²) in [7, 11) is 0. The van der Waals surface area contributed by atoms with E-state index in [9.17, 15) is 4.79 Å². The highest BCUT2D eigenvalue weighted by atomic mass is 16.5. The monoisotopic (exact) mass is 393 g/mol. The molecule has 0 unspecified atom stereocenters. The van der Waals surface area contributed by atoms with E-state index in [2.05, 4.69) is 81.1 Å². The molecule has 1 amide bonds. The van der Waals surface area contributed by atoms with Crippen molar-refractivity contribution in [3.8, 4) is 0 Å². The number of rotatable bonds is 3. The Kier molecular flexibility index (Phi) is 5.26. The maximum Gasteiger partial charge on any atom is 0.282 e. The molecule has 2 aliphatic heterocycles. The Hall–Kier alpha value is -2.17. The Labute approximate surface area is 174 Å². The van der Waals surface area contributed by atoms with Crippen molar-refractivity contribution < 1.29 is 14.4 Å². The number of hydrogen-bond acceptors (Lipinski definition) is 2. The molecule has 2 aliphatic rings. The van der Waals surface area contributed by atoms with Crippen molar-refractivity contribution in [2.24, 2.45) is 0 Å². The van der Waals surface area contributed by atoms with E-state index in [1.807, 2.05) is 0 Å². The van der Waals surface area contributed by atoms with Crippen LogP contribution in [0.3, 0.4) is 0 Å². The van der Waals surface area contributed by atoms with Gasteiger partial charge in [0.25, 0.3) is 5.91 Å². The average Bonchev–Trinajstić information content (AvgIpc) is 2.68. The number of carbonyl (C=O) groups is 1. The first-order valence-electron chi connectivity index (χ1n) is 10.7. The second-order valence-electron chi connectivity index (χ2n) is 9.47. The lowest BCUT2D eigenvalue weighted by molar-refractivity contribution is -0.900. The molecule has 1 fully saturated rings. The van der Waals surface area contributed by atoms with Crippen molar-refractivity contribution in [3.05, 3.63) is 65.2 Å². The number of benzene rings is 2. The number of aryl methyl sites for hydroxylation is 1. The minimum Gasteiger partial charge on any atom is -0.370 e. The molecule has 0 bridgehead atoms. The van der Waals surface area contributed by atoms with Crippen molar-refractivity contribution in [3.63, 3.8) is 0 Å². The Balaban J connectivity index is 1.73. The summed E-state index contributed by atoms with van der Waals surface area (Å²) in [6, 6.07) is 17.3. The van der Waals surface area contributed by atoms with Crippen LogP contribution in [0.1, 0.15) is 43.9 Å². The van der Waals surface area contributed by atoms with Gasteiger partial charge in [-0.2, -0.15) is 0 Å². The lowest BCUT2D eigenvalue weighted by Gasteiger charge is -2.51. The first kappa shape index (κ1) is 20.1. The molecule has 1 saturated heterocycles. The highest BCUT2D eigenvalue weighted by Gasteiger charge is 2.48.